The van der Waals surface area contributed by atoms with Crippen molar-refractivity contribution < 1.29 is 17.9 Å². The summed E-state index contributed by atoms with van der Waals surface area (Å²) in [6.45, 7) is 0.277. The van der Waals surface area contributed by atoms with Crippen LogP contribution in [0.4, 0.5) is 13.2 Å². The molecular weight excluding hydrogens is 219 g/mol. The van der Waals surface area contributed by atoms with E-state index in [9.17, 15) is 13.2 Å². The lowest BCUT2D eigenvalue weighted by atomic mass is 9.91. The Hall–Kier alpha value is -1.07. The van der Waals surface area contributed by atoms with Crippen LogP contribution >= 0.6 is 0 Å². The Morgan fingerprint density at radius 3 is 2.38 bits per heavy atom. The molecule has 5 heteroatoms. The van der Waals surface area contributed by atoms with Crippen molar-refractivity contribution in [3.05, 3.63) is 35.9 Å². The molecule has 0 unspecified atom stereocenters. The van der Waals surface area contributed by atoms with E-state index in [0.29, 0.717) is 6.54 Å². The molecule has 2 nitrogen and oxygen atoms in total. The molecule has 0 saturated carbocycles. The SMILES string of the molecule is FC(F)(F)[C@@]1(c2ccccc2)CNCCO1. The molecule has 1 aliphatic rings. The molecule has 0 aromatic heterocycles. The zero-order valence-electron chi connectivity index (χ0n) is 8.55. The molecule has 1 aromatic carbocycles. The maximum absolute atomic E-state index is 13.1. The average molecular weight is 231 g/mol. The Bertz CT molecular complexity index is 344. The molecule has 2 rings (SSSR count). The van der Waals surface area contributed by atoms with Gasteiger partial charge in [0.25, 0.3) is 0 Å². The second kappa shape index (κ2) is 4.07. The first-order valence-corrected chi connectivity index (χ1v) is 5.03. The van der Waals surface area contributed by atoms with Gasteiger partial charge in [0.1, 0.15) is 0 Å². The Morgan fingerprint density at radius 1 is 1.19 bits per heavy atom. The van der Waals surface area contributed by atoms with Crippen LogP contribution in [0.25, 0.3) is 0 Å². The molecule has 1 aromatic rings. The lowest BCUT2D eigenvalue weighted by Crippen LogP contribution is -2.56. The second-order valence-corrected chi connectivity index (χ2v) is 3.72. The van der Waals surface area contributed by atoms with Crippen molar-refractivity contribution in [2.24, 2.45) is 0 Å². The van der Waals surface area contributed by atoms with E-state index in [2.05, 4.69) is 5.32 Å². The van der Waals surface area contributed by atoms with Crippen LogP contribution in [-0.4, -0.2) is 25.9 Å². The number of hydrogen-bond donors (Lipinski definition) is 1. The van der Waals surface area contributed by atoms with Crippen LogP contribution in [0.2, 0.25) is 0 Å². The Morgan fingerprint density at radius 2 is 1.88 bits per heavy atom. The third-order valence-electron chi connectivity index (χ3n) is 2.70. The molecule has 1 heterocycles. The Kier molecular flexibility index (Phi) is 2.90. The molecule has 0 aliphatic carbocycles. The number of alkyl halides is 3. The molecule has 1 fully saturated rings. The van der Waals surface area contributed by atoms with Crippen molar-refractivity contribution in [3.8, 4) is 0 Å². The number of morpholine rings is 1. The van der Waals surface area contributed by atoms with E-state index >= 15 is 0 Å². The van der Waals surface area contributed by atoms with E-state index < -0.39 is 11.8 Å². The lowest BCUT2D eigenvalue weighted by Gasteiger charge is -2.39. The molecule has 0 spiro atoms. The minimum absolute atomic E-state index is 0.0639. The number of benzene rings is 1. The predicted octanol–water partition coefficient (Wildman–Crippen LogP) is 2.06. The van der Waals surface area contributed by atoms with Crippen LogP contribution in [0, 0.1) is 0 Å². The normalized spacial score (nSPS) is 26.7. The molecule has 88 valence electrons. The number of ether oxygens (including phenoxy) is 1. The zero-order chi connectivity index (χ0) is 11.6. The van der Waals surface area contributed by atoms with Gasteiger partial charge in [0.2, 0.25) is 5.60 Å². The topological polar surface area (TPSA) is 21.3 Å². The van der Waals surface area contributed by atoms with Gasteiger partial charge < -0.3 is 10.1 Å². The molecular formula is C11H12F3NO. The highest BCUT2D eigenvalue weighted by Gasteiger charge is 2.57. The quantitative estimate of drug-likeness (QED) is 0.798. The maximum atomic E-state index is 13.1. The van der Waals surface area contributed by atoms with E-state index in [1.165, 1.54) is 12.1 Å². The third kappa shape index (κ3) is 1.81. The summed E-state index contributed by atoms with van der Waals surface area (Å²) >= 11 is 0. The minimum atomic E-state index is -4.41. The number of hydrogen-bond acceptors (Lipinski definition) is 2. The fourth-order valence-corrected chi connectivity index (χ4v) is 1.85. The zero-order valence-corrected chi connectivity index (χ0v) is 8.55. The summed E-state index contributed by atoms with van der Waals surface area (Å²) in [7, 11) is 0. The number of halogens is 3. The van der Waals surface area contributed by atoms with Crippen LogP contribution in [0.15, 0.2) is 30.3 Å². The molecule has 1 aliphatic heterocycles. The first-order chi connectivity index (χ1) is 7.56. The summed E-state index contributed by atoms with van der Waals surface area (Å²) in [6.07, 6.45) is -4.41. The molecule has 16 heavy (non-hydrogen) atoms. The summed E-state index contributed by atoms with van der Waals surface area (Å²) in [5, 5.41) is 2.74. The van der Waals surface area contributed by atoms with E-state index in [0.717, 1.165) is 0 Å². The van der Waals surface area contributed by atoms with Gasteiger partial charge in [0.15, 0.2) is 0 Å². The molecule has 0 bridgehead atoms. The van der Waals surface area contributed by atoms with Crippen LogP contribution in [0.3, 0.4) is 0 Å². The van der Waals surface area contributed by atoms with E-state index in [4.69, 9.17) is 4.74 Å². The fourth-order valence-electron chi connectivity index (χ4n) is 1.85. The smallest absolute Gasteiger partial charge is 0.358 e. The largest absolute Gasteiger partial charge is 0.422 e. The monoisotopic (exact) mass is 231 g/mol. The van der Waals surface area contributed by atoms with Crippen molar-refractivity contribution in [2.75, 3.05) is 19.7 Å². The van der Waals surface area contributed by atoms with Crippen LogP contribution in [-0.2, 0) is 10.3 Å². The fraction of sp³-hybridized carbons (Fsp3) is 0.455. The summed E-state index contributed by atoms with van der Waals surface area (Å²) in [6, 6.07) is 7.74. The molecule has 1 atom stereocenters. The van der Waals surface area contributed by atoms with Gasteiger partial charge in [-0.15, -0.1) is 0 Å². The molecule has 0 radical (unpaired) electrons. The first-order valence-electron chi connectivity index (χ1n) is 5.03. The minimum Gasteiger partial charge on any atom is -0.358 e. The third-order valence-corrected chi connectivity index (χ3v) is 2.70. The summed E-state index contributed by atoms with van der Waals surface area (Å²) in [5.41, 5.74) is -2.05. The molecule has 0 amide bonds. The van der Waals surface area contributed by atoms with Crippen molar-refractivity contribution >= 4 is 0 Å². The second-order valence-electron chi connectivity index (χ2n) is 3.72. The summed E-state index contributed by atoms with van der Waals surface area (Å²) in [4.78, 5) is 0. The van der Waals surface area contributed by atoms with Gasteiger partial charge in [-0.1, -0.05) is 30.3 Å². The summed E-state index contributed by atoms with van der Waals surface area (Å²) < 4.78 is 44.4. The van der Waals surface area contributed by atoms with Crippen LogP contribution in [0.1, 0.15) is 5.56 Å². The van der Waals surface area contributed by atoms with Crippen molar-refractivity contribution in [1.29, 1.82) is 0 Å². The predicted molar refractivity (Wildman–Crippen MR) is 53.0 cm³/mol. The highest BCUT2D eigenvalue weighted by Crippen LogP contribution is 2.42. The first kappa shape index (κ1) is 11.4. The van der Waals surface area contributed by atoms with Crippen molar-refractivity contribution in [1.82, 2.24) is 5.32 Å². The van der Waals surface area contributed by atoms with Gasteiger partial charge >= 0.3 is 6.18 Å². The van der Waals surface area contributed by atoms with Crippen molar-refractivity contribution in [3.63, 3.8) is 0 Å². The number of nitrogens with one attached hydrogen (secondary N) is 1. The number of rotatable bonds is 1. The molecule has 1 saturated heterocycles. The summed E-state index contributed by atoms with van der Waals surface area (Å²) in [5.74, 6) is 0. The van der Waals surface area contributed by atoms with E-state index in [1.807, 2.05) is 0 Å². The Balaban J connectivity index is 2.42. The van der Waals surface area contributed by atoms with Gasteiger partial charge in [0, 0.05) is 13.1 Å². The van der Waals surface area contributed by atoms with Gasteiger partial charge in [-0.25, -0.2) is 0 Å². The highest BCUT2D eigenvalue weighted by molar-refractivity contribution is 5.25. The average Bonchev–Trinajstić information content (AvgIpc) is 2.30. The van der Waals surface area contributed by atoms with E-state index in [1.54, 1.807) is 18.2 Å². The van der Waals surface area contributed by atoms with E-state index in [-0.39, 0.29) is 18.7 Å². The van der Waals surface area contributed by atoms with Gasteiger partial charge in [-0.3, -0.25) is 0 Å². The van der Waals surface area contributed by atoms with Gasteiger partial charge in [-0.2, -0.15) is 13.2 Å². The van der Waals surface area contributed by atoms with Crippen LogP contribution < -0.4 is 5.32 Å². The van der Waals surface area contributed by atoms with Crippen LogP contribution in [0.5, 0.6) is 0 Å². The Labute approximate surface area is 91.4 Å². The highest BCUT2D eigenvalue weighted by atomic mass is 19.4. The molecule has 1 N–H and O–H groups in total. The standard InChI is InChI=1S/C11H12F3NO/c12-11(13,14)10(8-15-6-7-16-10)9-4-2-1-3-5-9/h1-5,15H,6-8H2/t10-/m0/s1. The van der Waals surface area contributed by atoms with Gasteiger partial charge in [0.05, 0.1) is 6.61 Å². The lowest BCUT2D eigenvalue weighted by molar-refractivity contribution is -0.290. The maximum Gasteiger partial charge on any atom is 0.422 e. The van der Waals surface area contributed by atoms with Gasteiger partial charge in [-0.05, 0) is 5.56 Å². The van der Waals surface area contributed by atoms with Crippen molar-refractivity contribution in [2.45, 2.75) is 11.8 Å².